The second kappa shape index (κ2) is 5.77. The molecule has 3 aromatic heterocycles. The Labute approximate surface area is 142 Å². The number of pyridine rings is 2. The van der Waals surface area contributed by atoms with Gasteiger partial charge in [-0.3, -0.25) is 4.98 Å². The molecule has 0 bridgehead atoms. The van der Waals surface area contributed by atoms with Crippen molar-refractivity contribution in [1.29, 1.82) is 0 Å². The smallest absolute Gasteiger partial charge is 0.420 e. The summed E-state index contributed by atoms with van der Waals surface area (Å²) in [5.41, 5.74) is 1.48. The van der Waals surface area contributed by atoms with E-state index in [-0.39, 0.29) is 0 Å². The van der Waals surface area contributed by atoms with Crippen molar-refractivity contribution in [3.8, 4) is 11.3 Å². The molecule has 0 aliphatic rings. The molecule has 0 atom stereocenters. The van der Waals surface area contributed by atoms with E-state index in [2.05, 4.69) is 25.9 Å². The lowest BCUT2D eigenvalue weighted by Crippen LogP contribution is -2.27. The van der Waals surface area contributed by atoms with Gasteiger partial charge < -0.3 is 4.74 Å². The third-order valence-corrected chi connectivity index (χ3v) is 3.57. The number of nitrogens with zero attached hydrogens (tertiary/aromatic N) is 3. The predicted molar refractivity (Wildman–Crippen MR) is 92.3 cm³/mol. The minimum Gasteiger partial charge on any atom is -0.443 e. The summed E-state index contributed by atoms with van der Waals surface area (Å²) in [5.74, 6) is 0. The molecule has 0 N–H and O–H groups in total. The number of ether oxygens (including phenoxy) is 1. The van der Waals surface area contributed by atoms with Crippen LogP contribution in [0.4, 0.5) is 4.79 Å². The summed E-state index contributed by atoms with van der Waals surface area (Å²) in [6.07, 6.45) is 4.61. The molecular weight excluding hydrogens is 358 g/mol. The van der Waals surface area contributed by atoms with Crippen LogP contribution in [0.25, 0.3) is 22.3 Å². The van der Waals surface area contributed by atoms with Gasteiger partial charge in [-0.1, -0.05) is 0 Å². The van der Waals surface area contributed by atoms with Crippen LogP contribution in [0, 0.1) is 0 Å². The fourth-order valence-electron chi connectivity index (χ4n) is 2.29. The van der Waals surface area contributed by atoms with E-state index in [9.17, 15) is 4.79 Å². The van der Waals surface area contributed by atoms with Gasteiger partial charge in [-0.25, -0.2) is 14.3 Å². The lowest BCUT2D eigenvalue weighted by molar-refractivity contribution is 0.0546. The van der Waals surface area contributed by atoms with Gasteiger partial charge in [0, 0.05) is 34.0 Å². The highest BCUT2D eigenvalue weighted by molar-refractivity contribution is 9.10. The largest absolute Gasteiger partial charge is 0.443 e. The second-order valence-electron chi connectivity index (χ2n) is 6.15. The van der Waals surface area contributed by atoms with Crippen LogP contribution >= 0.6 is 15.9 Å². The Balaban J connectivity index is 2.21. The molecule has 6 heteroatoms. The average Bonchev–Trinajstić information content (AvgIpc) is 2.85. The monoisotopic (exact) mass is 373 g/mol. The zero-order valence-electron chi connectivity index (χ0n) is 13.1. The molecule has 0 saturated carbocycles. The molecule has 0 amide bonds. The molecule has 0 spiro atoms. The van der Waals surface area contributed by atoms with Crippen LogP contribution in [0.15, 0.2) is 47.3 Å². The fourth-order valence-corrected chi connectivity index (χ4v) is 2.66. The SMILES string of the molecule is CC(C)(C)OC(=O)n1c(-c2cncc(Br)c2)cc2cccnc21. The lowest BCUT2D eigenvalue weighted by Gasteiger charge is -2.20. The Morgan fingerprint density at radius 1 is 1.26 bits per heavy atom. The standard InChI is InChI=1S/C17H16BrN3O2/c1-17(2,3)23-16(22)21-14(12-7-13(18)10-19-9-12)8-11-5-4-6-20-15(11)21/h4-10H,1-3H3. The van der Waals surface area contributed by atoms with E-state index in [4.69, 9.17) is 4.74 Å². The molecule has 0 unspecified atom stereocenters. The molecular formula is C17H16BrN3O2. The normalized spacial score (nSPS) is 11.7. The first kappa shape index (κ1) is 15.7. The summed E-state index contributed by atoms with van der Waals surface area (Å²) in [7, 11) is 0. The zero-order chi connectivity index (χ0) is 16.6. The van der Waals surface area contributed by atoms with Crippen molar-refractivity contribution in [2.24, 2.45) is 0 Å². The maximum Gasteiger partial charge on any atom is 0.420 e. The van der Waals surface area contributed by atoms with Crippen LogP contribution in [-0.2, 0) is 4.74 Å². The summed E-state index contributed by atoms with van der Waals surface area (Å²) >= 11 is 3.41. The molecule has 118 valence electrons. The Morgan fingerprint density at radius 2 is 2.04 bits per heavy atom. The van der Waals surface area contributed by atoms with Crippen LogP contribution in [0.3, 0.4) is 0 Å². The van der Waals surface area contributed by atoms with Gasteiger partial charge >= 0.3 is 6.09 Å². The van der Waals surface area contributed by atoms with Gasteiger partial charge in [0.05, 0.1) is 5.69 Å². The number of carbonyl (C=O) groups is 1. The maximum atomic E-state index is 12.7. The average molecular weight is 374 g/mol. The van der Waals surface area contributed by atoms with E-state index in [0.717, 1.165) is 15.4 Å². The van der Waals surface area contributed by atoms with Crippen LogP contribution < -0.4 is 0 Å². The molecule has 0 radical (unpaired) electrons. The highest BCUT2D eigenvalue weighted by atomic mass is 79.9. The van der Waals surface area contributed by atoms with Crippen molar-refractivity contribution >= 4 is 33.1 Å². The van der Waals surface area contributed by atoms with Crippen molar-refractivity contribution in [3.63, 3.8) is 0 Å². The van der Waals surface area contributed by atoms with Gasteiger partial charge in [0.2, 0.25) is 0 Å². The Hall–Kier alpha value is -2.21. The zero-order valence-corrected chi connectivity index (χ0v) is 14.7. The molecule has 0 fully saturated rings. The third kappa shape index (κ3) is 3.27. The molecule has 3 rings (SSSR count). The summed E-state index contributed by atoms with van der Waals surface area (Å²) in [4.78, 5) is 21.2. The molecule has 0 aromatic carbocycles. The molecule has 3 heterocycles. The van der Waals surface area contributed by atoms with E-state index in [1.54, 1.807) is 18.6 Å². The van der Waals surface area contributed by atoms with Gasteiger partial charge in [-0.2, -0.15) is 0 Å². The molecule has 5 nitrogen and oxygen atoms in total. The second-order valence-corrected chi connectivity index (χ2v) is 7.07. The molecule has 23 heavy (non-hydrogen) atoms. The number of aromatic nitrogens is 3. The summed E-state index contributed by atoms with van der Waals surface area (Å²) in [6, 6.07) is 7.57. The number of fused-ring (bicyclic) bond motifs is 1. The van der Waals surface area contributed by atoms with Crippen molar-refractivity contribution < 1.29 is 9.53 Å². The summed E-state index contributed by atoms with van der Waals surface area (Å²) in [6.45, 7) is 5.51. The van der Waals surface area contributed by atoms with Crippen molar-refractivity contribution in [2.45, 2.75) is 26.4 Å². The highest BCUT2D eigenvalue weighted by Gasteiger charge is 2.23. The quantitative estimate of drug-likeness (QED) is 0.623. The van der Waals surface area contributed by atoms with Gasteiger partial charge in [0.15, 0.2) is 0 Å². The molecule has 0 saturated heterocycles. The van der Waals surface area contributed by atoms with E-state index in [1.807, 2.05) is 45.0 Å². The fraction of sp³-hybridized carbons (Fsp3) is 0.235. The van der Waals surface area contributed by atoms with Crippen LogP contribution in [0.1, 0.15) is 20.8 Å². The number of rotatable bonds is 1. The predicted octanol–water partition coefficient (Wildman–Crippen LogP) is 4.64. The van der Waals surface area contributed by atoms with Gasteiger partial charge in [0.25, 0.3) is 0 Å². The third-order valence-electron chi connectivity index (χ3n) is 3.14. The van der Waals surface area contributed by atoms with E-state index in [1.165, 1.54) is 4.57 Å². The molecule has 0 aliphatic carbocycles. The Kier molecular flexibility index (Phi) is 3.93. The van der Waals surface area contributed by atoms with Gasteiger partial charge in [-0.15, -0.1) is 0 Å². The lowest BCUT2D eigenvalue weighted by atomic mass is 10.2. The minimum absolute atomic E-state index is 0.457. The molecule has 3 aromatic rings. The highest BCUT2D eigenvalue weighted by Crippen LogP contribution is 2.29. The van der Waals surface area contributed by atoms with Gasteiger partial charge in [0.1, 0.15) is 11.2 Å². The summed E-state index contributed by atoms with van der Waals surface area (Å²) in [5, 5.41) is 0.869. The van der Waals surface area contributed by atoms with Gasteiger partial charge in [-0.05, 0) is 61.0 Å². The van der Waals surface area contributed by atoms with Crippen LogP contribution in [0.5, 0.6) is 0 Å². The van der Waals surface area contributed by atoms with Crippen molar-refractivity contribution in [1.82, 2.24) is 14.5 Å². The number of hydrogen-bond acceptors (Lipinski definition) is 4. The van der Waals surface area contributed by atoms with Crippen molar-refractivity contribution in [2.75, 3.05) is 0 Å². The number of carbonyl (C=O) groups excluding carboxylic acids is 1. The first-order chi connectivity index (χ1) is 10.8. The summed E-state index contributed by atoms with van der Waals surface area (Å²) < 4.78 is 7.86. The Morgan fingerprint density at radius 3 is 2.74 bits per heavy atom. The number of hydrogen-bond donors (Lipinski definition) is 0. The van der Waals surface area contributed by atoms with Crippen LogP contribution in [-0.4, -0.2) is 26.2 Å². The molecule has 0 aliphatic heterocycles. The minimum atomic E-state index is -0.588. The van der Waals surface area contributed by atoms with E-state index >= 15 is 0 Å². The van der Waals surface area contributed by atoms with Crippen LogP contribution in [0.2, 0.25) is 0 Å². The van der Waals surface area contributed by atoms with E-state index in [0.29, 0.717) is 11.3 Å². The number of halogens is 1. The van der Waals surface area contributed by atoms with Crippen molar-refractivity contribution in [3.05, 3.63) is 47.3 Å². The first-order valence-corrected chi connectivity index (χ1v) is 7.95. The topological polar surface area (TPSA) is 57.0 Å². The first-order valence-electron chi connectivity index (χ1n) is 7.16. The maximum absolute atomic E-state index is 12.7. The Bertz CT molecular complexity index is 881. The van der Waals surface area contributed by atoms with E-state index < -0.39 is 11.7 Å².